The second-order valence-electron chi connectivity index (χ2n) is 5.71. The van der Waals surface area contributed by atoms with Gasteiger partial charge in [-0.05, 0) is 52.3 Å². The van der Waals surface area contributed by atoms with Gasteiger partial charge in [-0.3, -0.25) is 4.79 Å². The molecule has 19 heavy (non-hydrogen) atoms. The lowest BCUT2D eigenvalue weighted by atomic mass is 9.98. The van der Waals surface area contributed by atoms with Crippen LogP contribution in [0.25, 0.3) is 0 Å². The lowest BCUT2D eigenvalue weighted by Crippen LogP contribution is -2.53. The first kappa shape index (κ1) is 15.7. The smallest absolute Gasteiger partial charge is 0.240 e. The number of benzene rings is 1. The maximum Gasteiger partial charge on any atom is 0.240 e. The minimum atomic E-state index is -0.541. The van der Waals surface area contributed by atoms with Crippen molar-refractivity contribution in [2.24, 2.45) is 0 Å². The Morgan fingerprint density at radius 1 is 1.32 bits per heavy atom. The number of rotatable bonds is 5. The second kappa shape index (κ2) is 6.20. The van der Waals surface area contributed by atoms with E-state index in [0.717, 1.165) is 6.54 Å². The molecular weight excluding hydrogens is 236 g/mol. The van der Waals surface area contributed by atoms with E-state index in [1.807, 2.05) is 27.7 Å². The van der Waals surface area contributed by atoms with Crippen LogP contribution in [0.5, 0.6) is 0 Å². The normalized spacial score (nSPS) is 13.2. The van der Waals surface area contributed by atoms with E-state index in [4.69, 9.17) is 0 Å². The van der Waals surface area contributed by atoms with Crippen LogP contribution in [-0.4, -0.2) is 18.0 Å². The maximum atomic E-state index is 12.3. The Morgan fingerprint density at radius 2 is 1.95 bits per heavy atom. The first-order chi connectivity index (χ1) is 8.77. The van der Waals surface area contributed by atoms with Gasteiger partial charge in [-0.2, -0.15) is 0 Å². The van der Waals surface area contributed by atoms with Crippen LogP contribution in [-0.2, 0) is 4.79 Å². The Labute approximate surface area is 116 Å². The maximum absolute atomic E-state index is 12.3. The molecule has 3 heteroatoms. The van der Waals surface area contributed by atoms with Crippen LogP contribution in [0.2, 0.25) is 0 Å². The first-order valence-electron chi connectivity index (χ1n) is 6.91. The fourth-order valence-corrected chi connectivity index (χ4v) is 2.20. The summed E-state index contributed by atoms with van der Waals surface area (Å²) in [4.78, 5) is 12.3. The van der Waals surface area contributed by atoms with E-state index in [2.05, 4.69) is 42.7 Å². The highest BCUT2D eigenvalue weighted by Gasteiger charge is 2.27. The van der Waals surface area contributed by atoms with E-state index < -0.39 is 5.54 Å². The number of likely N-dealkylation sites (N-methyl/N-ethyl adjacent to an activating group) is 1. The van der Waals surface area contributed by atoms with Gasteiger partial charge in [0.15, 0.2) is 0 Å². The molecule has 0 bridgehead atoms. The van der Waals surface area contributed by atoms with E-state index in [1.165, 1.54) is 16.7 Å². The van der Waals surface area contributed by atoms with Gasteiger partial charge < -0.3 is 10.6 Å². The standard InChI is InChI=1S/C16H26N2O/c1-7-17-16(5,6)15(19)18-13(4)14-10-11(2)8-9-12(14)3/h8-10,13,17H,7H2,1-6H3,(H,18,19). The van der Waals surface area contributed by atoms with Crippen LogP contribution >= 0.6 is 0 Å². The molecule has 1 atom stereocenters. The van der Waals surface area contributed by atoms with Gasteiger partial charge >= 0.3 is 0 Å². The zero-order valence-electron chi connectivity index (χ0n) is 12.9. The molecule has 0 spiro atoms. The van der Waals surface area contributed by atoms with Gasteiger partial charge in [0.05, 0.1) is 11.6 Å². The molecule has 1 aromatic carbocycles. The van der Waals surface area contributed by atoms with Gasteiger partial charge in [-0.25, -0.2) is 0 Å². The summed E-state index contributed by atoms with van der Waals surface area (Å²) in [5.41, 5.74) is 3.06. The topological polar surface area (TPSA) is 41.1 Å². The van der Waals surface area contributed by atoms with Crippen molar-refractivity contribution in [3.63, 3.8) is 0 Å². The Morgan fingerprint density at radius 3 is 2.53 bits per heavy atom. The number of amides is 1. The largest absolute Gasteiger partial charge is 0.348 e. The number of nitrogens with one attached hydrogen (secondary N) is 2. The van der Waals surface area contributed by atoms with Gasteiger partial charge in [-0.1, -0.05) is 30.7 Å². The predicted molar refractivity (Wildman–Crippen MR) is 80.2 cm³/mol. The van der Waals surface area contributed by atoms with Crippen LogP contribution < -0.4 is 10.6 Å². The summed E-state index contributed by atoms with van der Waals surface area (Å²) >= 11 is 0. The average Bonchev–Trinajstić information content (AvgIpc) is 2.32. The Hall–Kier alpha value is -1.35. The van der Waals surface area contributed by atoms with Gasteiger partial charge in [-0.15, -0.1) is 0 Å². The van der Waals surface area contributed by atoms with Crippen molar-refractivity contribution >= 4 is 5.91 Å². The number of carbonyl (C=O) groups is 1. The molecule has 0 fully saturated rings. The van der Waals surface area contributed by atoms with Gasteiger partial charge in [0, 0.05) is 0 Å². The molecule has 1 unspecified atom stereocenters. The van der Waals surface area contributed by atoms with E-state index in [-0.39, 0.29) is 11.9 Å². The van der Waals surface area contributed by atoms with Crippen LogP contribution in [0.4, 0.5) is 0 Å². The van der Waals surface area contributed by atoms with Crippen molar-refractivity contribution in [3.8, 4) is 0 Å². The SMILES string of the molecule is CCNC(C)(C)C(=O)NC(C)c1cc(C)ccc1C. The molecule has 0 heterocycles. The Balaban J connectivity index is 2.82. The summed E-state index contributed by atoms with van der Waals surface area (Å²) in [6.45, 7) is 12.8. The van der Waals surface area contributed by atoms with Crippen LogP contribution in [0.15, 0.2) is 18.2 Å². The molecule has 0 saturated carbocycles. The lowest BCUT2D eigenvalue weighted by Gasteiger charge is -2.27. The third-order valence-corrected chi connectivity index (χ3v) is 3.44. The van der Waals surface area contributed by atoms with Crippen molar-refractivity contribution in [2.45, 2.75) is 53.1 Å². The van der Waals surface area contributed by atoms with Gasteiger partial charge in [0.1, 0.15) is 0 Å². The summed E-state index contributed by atoms with van der Waals surface area (Å²) in [5, 5.41) is 6.28. The summed E-state index contributed by atoms with van der Waals surface area (Å²) in [6.07, 6.45) is 0. The Bertz CT molecular complexity index is 452. The molecule has 1 amide bonds. The molecule has 0 aliphatic carbocycles. The molecule has 106 valence electrons. The van der Waals surface area contributed by atoms with Crippen molar-refractivity contribution < 1.29 is 4.79 Å². The minimum absolute atomic E-state index is 0.0188. The summed E-state index contributed by atoms with van der Waals surface area (Å²) in [6, 6.07) is 6.35. The van der Waals surface area contributed by atoms with Crippen molar-refractivity contribution in [2.75, 3.05) is 6.54 Å². The van der Waals surface area contributed by atoms with Crippen LogP contribution in [0.1, 0.15) is 50.4 Å². The van der Waals surface area contributed by atoms with Crippen LogP contribution in [0, 0.1) is 13.8 Å². The van der Waals surface area contributed by atoms with Crippen molar-refractivity contribution in [1.29, 1.82) is 0 Å². The molecule has 1 rings (SSSR count). The number of aryl methyl sites for hydroxylation is 2. The fourth-order valence-electron chi connectivity index (χ4n) is 2.20. The van der Waals surface area contributed by atoms with Crippen molar-refractivity contribution in [1.82, 2.24) is 10.6 Å². The summed E-state index contributed by atoms with van der Waals surface area (Å²) in [7, 11) is 0. The summed E-state index contributed by atoms with van der Waals surface area (Å²) < 4.78 is 0. The quantitative estimate of drug-likeness (QED) is 0.856. The molecule has 0 aromatic heterocycles. The number of hydrogen-bond acceptors (Lipinski definition) is 2. The zero-order chi connectivity index (χ0) is 14.6. The van der Waals surface area contributed by atoms with Gasteiger partial charge in [0.2, 0.25) is 5.91 Å². The second-order valence-corrected chi connectivity index (χ2v) is 5.71. The molecule has 0 aliphatic rings. The van der Waals surface area contributed by atoms with Crippen LogP contribution in [0.3, 0.4) is 0 Å². The van der Waals surface area contributed by atoms with E-state index in [1.54, 1.807) is 0 Å². The molecule has 0 saturated heterocycles. The monoisotopic (exact) mass is 262 g/mol. The molecule has 1 aromatic rings. The van der Waals surface area contributed by atoms with E-state index >= 15 is 0 Å². The average molecular weight is 262 g/mol. The third kappa shape index (κ3) is 4.06. The number of carbonyl (C=O) groups excluding carboxylic acids is 1. The first-order valence-corrected chi connectivity index (χ1v) is 6.91. The third-order valence-electron chi connectivity index (χ3n) is 3.44. The van der Waals surface area contributed by atoms with E-state index in [9.17, 15) is 4.79 Å². The zero-order valence-corrected chi connectivity index (χ0v) is 12.9. The Kier molecular flexibility index (Phi) is 5.12. The van der Waals surface area contributed by atoms with Crippen molar-refractivity contribution in [3.05, 3.63) is 34.9 Å². The highest BCUT2D eigenvalue weighted by molar-refractivity contribution is 5.85. The fraction of sp³-hybridized carbons (Fsp3) is 0.562. The highest BCUT2D eigenvalue weighted by Crippen LogP contribution is 2.19. The molecule has 0 radical (unpaired) electrons. The summed E-state index contributed by atoms with van der Waals surface area (Å²) in [5.74, 6) is 0.0303. The number of hydrogen-bond donors (Lipinski definition) is 2. The highest BCUT2D eigenvalue weighted by atomic mass is 16.2. The predicted octanol–water partition coefficient (Wildman–Crippen LogP) is 2.87. The minimum Gasteiger partial charge on any atom is -0.348 e. The molecular formula is C16H26N2O. The van der Waals surface area contributed by atoms with E-state index in [0.29, 0.717) is 0 Å². The molecule has 3 nitrogen and oxygen atoms in total. The molecule has 0 aliphatic heterocycles. The lowest BCUT2D eigenvalue weighted by molar-refractivity contribution is -0.127. The van der Waals surface area contributed by atoms with Gasteiger partial charge in [0.25, 0.3) is 0 Å². The molecule has 2 N–H and O–H groups in total.